The number of fused-ring (bicyclic) bond motifs is 1. The van der Waals surface area contributed by atoms with E-state index in [4.69, 9.17) is 0 Å². The predicted molar refractivity (Wildman–Crippen MR) is 78.9 cm³/mol. The van der Waals surface area contributed by atoms with Crippen molar-refractivity contribution in [1.29, 1.82) is 0 Å². The van der Waals surface area contributed by atoms with Crippen molar-refractivity contribution >= 4 is 0 Å². The minimum Gasteiger partial charge on any atom is -0.315 e. The monoisotopic (exact) mass is 252 g/mol. The molecule has 2 aliphatic rings. The van der Waals surface area contributed by atoms with Gasteiger partial charge in [-0.1, -0.05) is 19.8 Å². The molecule has 1 aliphatic heterocycles. The average Bonchev–Trinajstić information content (AvgIpc) is 2.84. The Morgan fingerprint density at radius 1 is 1.17 bits per heavy atom. The van der Waals surface area contributed by atoms with Gasteiger partial charge in [0, 0.05) is 12.1 Å². The lowest BCUT2D eigenvalue weighted by Crippen LogP contribution is -2.42. The van der Waals surface area contributed by atoms with Crippen molar-refractivity contribution in [2.75, 3.05) is 19.6 Å². The molecule has 2 nitrogen and oxygen atoms in total. The number of hydrogen-bond donors (Lipinski definition) is 1. The first-order valence-corrected chi connectivity index (χ1v) is 8.28. The van der Waals surface area contributed by atoms with Crippen molar-refractivity contribution in [3.8, 4) is 0 Å². The predicted octanol–water partition coefficient (Wildman–Crippen LogP) is 3.42. The van der Waals surface area contributed by atoms with Crippen LogP contribution in [0.3, 0.4) is 0 Å². The maximum atomic E-state index is 3.51. The van der Waals surface area contributed by atoms with Gasteiger partial charge in [0.05, 0.1) is 0 Å². The Hall–Kier alpha value is -0.0800. The maximum Gasteiger partial charge on any atom is 0.0123 e. The van der Waals surface area contributed by atoms with Gasteiger partial charge in [-0.2, -0.15) is 0 Å². The molecule has 3 atom stereocenters. The van der Waals surface area contributed by atoms with E-state index in [0.717, 1.165) is 18.5 Å². The van der Waals surface area contributed by atoms with Gasteiger partial charge in [-0.15, -0.1) is 0 Å². The molecule has 2 fully saturated rings. The number of piperidine rings is 1. The zero-order chi connectivity index (χ0) is 12.8. The summed E-state index contributed by atoms with van der Waals surface area (Å²) in [6, 6.07) is 1.67. The molecule has 1 heterocycles. The van der Waals surface area contributed by atoms with Crippen molar-refractivity contribution in [3.05, 3.63) is 0 Å². The van der Waals surface area contributed by atoms with Gasteiger partial charge in [0.2, 0.25) is 0 Å². The molecule has 1 saturated carbocycles. The van der Waals surface area contributed by atoms with Crippen LogP contribution in [-0.2, 0) is 0 Å². The number of nitrogens with one attached hydrogen (secondary N) is 1. The summed E-state index contributed by atoms with van der Waals surface area (Å²) in [7, 11) is 0. The minimum atomic E-state index is 0.704. The zero-order valence-corrected chi connectivity index (χ0v) is 12.5. The van der Waals surface area contributed by atoms with E-state index in [9.17, 15) is 0 Å². The van der Waals surface area contributed by atoms with E-state index in [0.29, 0.717) is 6.04 Å². The number of rotatable bonds is 7. The Kier molecular flexibility index (Phi) is 5.97. The summed E-state index contributed by atoms with van der Waals surface area (Å²) in [6.07, 6.45) is 11.6. The van der Waals surface area contributed by atoms with Crippen LogP contribution in [0.25, 0.3) is 0 Å². The van der Waals surface area contributed by atoms with Crippen LogP contribution in [0.4, 0.5) is 0 Å². The SMILES string of the molecule is CCNC(C)CCCCN1CCCC2CCCC21. The van der Waals surface area contributed by atoms with Crippen LogP contribution >= 0.6 is 0 Å². The molecule has 0 aromatic carbocycles. The van der Waals surface area contributed by atoms with E-state index in [-0.39, 0.29) is 0 Å². The molecule has 3 unspecified atom stereocenters. The topological polar surface area (TPSA) is 15.3 Å². The van der Waals surface area contributed by atoms with Gasteiger partial charge in [-0.25, -0.2) is 0 Å². The lowest BCUT2D eigenvalue weighted by molar-refractivity contribution is 0.111. The molecule has 1 aliphatic carbocycles. The number of nitrogens with zero attached hydrogens (tertiary/aromatic N) is 1. The Labute approximate surface area is 114 Å². The molecular weight excluding hydrogens is 220 g/mol. The third-order valence-corrected chi connectivity index (χ3v) is 4.99. The quantitative estimate of drug-likeness (QED) is 0.698. The zero-order valence-electron chi connectivity index (χ0n) is 12.5. The van der Waals surface area contributed by atoms with Crippen LogP contribution < -0.4 is 5.32 Å². The van der Waals surface area contributed by atoms with Gasteiger partial charge in [0.15, 0.2) is 0 Å². The molecular formula is C16H32N2. The highest BCUT2D eigenvalue weighted by atomic mass is 15.2. The fourth-order valence-electron chi connectivity index (χ4n) is 4.05. The first-order chi connectivity index (χ1) is 8.81. The molecule has 0 radical (unpaired) electrons. The van der Waals surface area contributed by atoms with Crippen molar-refractivity contribution in [2.45, 2.75) is 77.3 Å². The molecule has 0 spiro atoms. The summed E-state index contributed by atoms with van der Waals surface area (Å²) in [5.41, 5.74) is 0. The number of hydrogen-bond acceptors (Lipinski definition) is 2. The second kappa shape index (κ2) is 7.49. The van der Waals surface area contributed by atoms with E-state index in [2.05, 4.69) is 24.1 Å². The van der Waals surface area contributed by atoms with Gasteiger partial charge in [-0.3, -0.25) is 0 Å². The fraction of sp³-hybridized carbons (Fsp3) is 1.00. The Morgan fingerprint density at radius 2 is 2.00 bits per heavy atom. The Balaban J connectivity index is 1.61. The standard InChI is InChI=1S/C16H32N2/c1-3-17-14(2)8-4-5-12-18-13-7-10-15-9-6-11-16(15)18/h14-17H,3-13H2,1-2H3. The highest BCUT2D eigenvalue weighted by molar-refractivity contribution is 4.88. The minimum absolute atomic E-state index is 0.704. The van der Waals surface area contributed by atoms with E-state index < -0.39 is 0 Å². The van der Waals surface area contributed by atoms with E-state index in [1.54, 1.807) is 0 Å². The molecule has 106 valence electrons. The van der Waals surface area contributed by atoms with Crippen LogP contribution in [0.1, 0.15) is 65.2 Å². The first-order valence-electron chi connectivity index (χ1n) is 8.28. The third kappa shape index (κ3) is 3.96. The van der Waals surface area contributed by atoms with Crippen LogP contribution in [0.5, 0.6) is 0 Å². The van der Waals surface area contributed by atoms with Crippen molar-refractivity contribution in [3.63, 3.8) is 0 Å². The van der Waals surface area contributed by atoms with Crippen LogP contribution in [0.2, 0.25) is 0 Å². The summed E-state index contributed by atoms with van der Waals surface area (Å²) in [6.45, 7) is 8.36. The van der Waals surface area contributed by atoms with Crippen LogP contribution in [-0.4, -0.2) is 36.6 Å². The van der Waals surface area contributed by atoms with Crippen LogP contribution in [0, 0.1) is 5.92 Å². The van der Waals surface area contributed by atoms with Crippen molar-refractivity contribution < 1.29 is 0 Å². The molecule has 2 rings (SSSR count). The largest absolute Gasteiger partial charge is 0.315 e. The van der Waals surface area contributed by atoms with Gasteiger partial charge in [0.25, 0.3) is 0 Å². The summed E-state index contributed by atoms with van der Waals surface area (Å²) < 4.78 is 0. The smallest absolute Gasteiger partial charge is 0.0123 e. The molecule has 1 saturated heterocycles. The lowest BCUT2D eigenvalue weighted by atomic mass is 9.92. The van der Waals surface area contributed by atoms with E-state index in [1.807, 2.05) is 0 Å². The number of likely N-dealkylation sites (tertiary alicyclic amines) is 1. The van der Waals surface area contributed by atoms with Gasteiger partial charge in [-0.05, 0) is 71.0 Å². The van der Waals surface area contributed by atoms with E-state index in [1.165, 1.54) is 64.5 Å². The molecule has 0 amide bonds. The summed E-state index contributed by atoms with van der Waals surface area (Å²) in [4.78, 5) is 2.82. The fourth-order valence-corrected chi connectivity index (χ4v) is 4.05. The second-order valence-electron chi connectivity index (χ2n) is 6.39. The van der Waals surface area contributed by atoms with Crippen LogP contribution in [0.15, 0.2) is 0 Å². The Morgan fingerprint density at radius 3 is 2.83 bits per heavy atom. The number of unbranched alkanes of at least 4 members (excludes halogenated alkanes) is 1. The molecule has 0 aromatic rings. The van der Waals surface area contributed by atoms with Gasteiger partial charge < -0.3 is 10.2 Å². The maximum absolute atomic E-state index is 3.51. The highest BCUT2D eigenvalue weighted by Gasteiger charge is 2.34. The average molecular weight is 252 g/mol. The second-order valence-corrected chi connectivity index (χ2v) is 6.39. The van der Waals surface area contributed by atoms with Gasteiger partial charge >= 0.3 is 0 Å². The molecule has 0 aromatic heterocycles. The summed E-state index contributed by atoms with van der Waals surface area (Å²) in [5.74, 6) is 1.06. The van der Waals surface area contributed by atoms with Gasteiger partial charge in [0.1, 0.15) is 0 Å². The van der Waals surface area contributed by atoms with Crippen molar-refractivity contribution in [2.24, 2.45) is 5.92 Å². The molecule has 2 heteroatoms. The molecule has 18 heavy (non-hydrogen) atoms. The normalized spacial score (nSPS) is 30.3. The third-order valence-electron chi connectivity index (χ3n) is 4.99. The highest BCUT2D eigenvalue weighted by Crippen LogP contribution is 2.36. The summed E-state index contributed by atoms with van der Waals surface area (Å²) >= 11 is 0. The van der Waals surface area contributed by atoms with Crippen molar-refractivity contribution in [1.82, 2.24) is 10.2 Å². The molecule has 0 bridgehead atoms. The van der Waals surface area contributed by atoms with E-state index >= 15 is 0 Å². The lowest BCUT2D eigenvalue weighted by Gasteiger charge is -2.37. The molecule has 1 N–H and O–H groups in total. The Bertz CT molecular complexity index is 229. The first kappa shape index (κ1) is 14.3. The summed E-state index contributed by atoms with van der Waals surface area (Å²) in [5, 5.41) is 3.51.